The quantitative estimate of drug-likeness (QED) is 0.757. The van der Waals surface area contributed by atoms with Crippen LogP contribution in [0.4, 0.5) is 5.13 Å². The van der Waals surface area contributed by atoms with E-state index >= 15 is 0 Å². The van der Waals surface area contributed by atoms with Crippen molar-refractivity contribution in [3.63, 3.8) is 0 Å². The van der Waals surface area contributed by atoms with Gasteiger partial charge in [-0.1, -0.05) is 0 Å². The summed E-state index contributed by atoms with van der Waals surface area (Å²) in [7, 11) is 0. The van der Waals surface area contributed by atoms with E-state index in [9.17, 15) is 4.79 Å². The minimum absolute atomic E-state index is 0.0890. The van der Waals surface area contributed by atoms with E-state index in [-0.39, 0.29) is 5.91 Å². The zero-order valence-electron chi connectivity index (χ0n) is 14.8. The van der Waals surface area contributed by atoms with Crippen LogP contribution in [0.25, 0.3) is 5.78 Å². The van der Waals surface area contributed by atoms with Crippen LogP contribution in [0.3, 0.4) is 0 Å². The highest BCUT2D eigenvalue weighted by atomic mass is 32.1. The summed E-state index contributed by atoms with van der Waals surface area (Å²) >= 11 is 1.54. The number of piperidine rings is 1. The highest BCUT2D eigenvalue weighted by Crippen LogP contribution is 2.29. The fourth-order valence-corrected chi connectivity index (χ4v) is 4.40. The lowest BCUT2D eigenvalue weighted by Crippen LogP contribution is -2.34. The summed E-state index contributed by atoms with van der Waals surface area (Å²) in [4.78, 5) is 27.7. The molecule has 0 radical (unpaired) electrons. The Bertz CT molecular complexity index is 934. The van der Waals surface area contributed by atoms with Crippen molar-refractivity contribution in [2.75, 3.05) is 18.4 Å². The summed E-state index contributed by atoms with van der Waals surface area (Å²) in [5.41, 5.74) is 2.15. The molecule has 1 N–H and O–H groups in total. The highest BCUT2D eigenvalue weighted by molar-refractivity contribution is 7.15. The minimum atomic E-state index is -0.0890. The van der Waals surface area contributed by atoms with Crippen LogP contribution in [0, 0.1) is 6.92 Å². The van der Waals surface area contributed by atoms with Gasteiger partial charge >= 0.3 is 0 Å². The van der Waals surface area contributed by atoms with Crippen molar-refractivity contribution >= 4 is 28.2 Å². The maximum atomic E-state index is 11.2. The van der Waals surface area contributed by atoms with Gasteiger partial charge in [0.1, 0.15) is 6.33 Å². The second kappa shape index (κ2) is 7.08. The van der Waals surface area contributed by atoms with Gasteiger partial charge in [0.15, 0.2) is 5.13 Å². The molecule has 136 valence electrons. The average molecular weight is 371 g/mol. The molecule has 4 heterocycles. The minimum Gasteiger partial charge on any atom is -0.302 e. The Hall–Kier alpha value is -2.39. The molecule has 1 aliphatic heterocycles. The summed E-state index contributed by atoms with van der Waals surface area (Å²) in [6, 6.07) is 2.12. The topological polar surface area (TPSA) is 88.3 Å². The maximum Gasteiger partial charge on any atom is 0.252 e. The molecule has 0 saturated carbocycles. The molecule has 0 aliphatic carbocycles. The van der Waals surface area contributed by atoms with E-state index in [1.54, 1.807) is 6.33 Å². The maximum absolute atomic E-state index is 11.2. The molecule has 1 unspecified atom stereocenters. The Morgan fingerprint density at radius 1 is 1.42 bits per heavy atom. The predicted molar refractivity (Wildman–Crippen MR) is 99.2 cm³/mol. The van der Waals surface area contributed by atoms with Gasteiger partial charge in [0.2, 0.25) is 5.91 Å². The number of nitrogens with one attached hydrogen (secondary N) is 1. The highest BCUT2D eigenvalue weighted by Gasteiger charge is 2.25. The van der Waals surface area contributed by atoms with Gasteiger partial charge in [-0.25, -0.2) is 14.5 Å². The zero-order chi connectivity index (χ0) is 18.1. The molecule has 26 heavy (non-hydrogen) atoms. The molecule has 3 aromatic rings. The number of aryl methyl sites for hydroxylation is 1. The van der Waals surface area contributed by atoms with Crippen molar-refractivity contribution in [1.29, 1.82) is 0 Å². The molecule has 8 nitrogen and oxygen atoms in total. The Balaban J connectivity index is 1.49. The number of carbonyl (C=O) groups is 1. The average Bonchev–Trinajstić information content (AvgIpc) is 3.23. The fourth-order valence-electron chi connectivity index (χ4n) is 3.50. The largest absolute Gasteiger partial charge is 0.302 e. The molecule has 0 spiro atoms. The number of amides is 1. The molecular formula is C17H21N7OS. The summed E-state index contributed by atoms with van der Waals surface area (Å²) in [5, 5.41) is 7.76. The van der Waals surface area contributed by atoms with Crippen LogP contribution < -0.4 is 5.32 Å². The number of nitrogens with zero attached hydrogens (tertiary/aromatic N) is 6. The summed E-state index contributed by atoms with van der Waals surface area (Å²) in [5.74, 6) is 0.978. The van der Waals surface area contributed by atoms with Gasteiger partial charge in [-0.05, 0) is 32.4 Å². The van der Waals surface area contributed by atoms with E-state index in [0.29, 0.717) is 16.8 Å². The van der Waals surface area contributed by atoms with Crippen molar-refractivity contribution in [3.05, 3.63) is 34.9 Å². The van der Waals surface area contributed by atoms with E-state index in [4.69, 9.17) is 0 Å². The third kappa shape index (κ3) is 3.58. The predicted octanol–water partition coefficient (Wildman–Crippen LogP) is 2.23. The molecule has 0 bridgehead atoms. The number of hydrogen-bond acceptors (Lipinski definition) is 7. The van der Waals surface area contributed by atoms with Crippen LogP contribution in [0.2, 0.25) is 0 Å². The van der Waals surface area contributed by atoms with Crippen LogP contribution in [-0.4, -0.2) is 48.5 Å². The molecule has 1 aliphatic rings. The zero-order valence-corrected chi connectivity index (χ0v) is 15.7. The Labute approximate surface area is 155 Å². The number of aromatic nitrogens is 5. The molecule has 1 atom stereocenters. The van der Waals surface area contributed by atoms with Gasteiger partial charge in [0.25, 0.3) is 5.78 Å². The third-order valence-corrected chi connectivity index (χ3v) is 5.44. The number of carbonyl (C=O) groups excluding carboxylic acids is 1. The fraction of sp³-hybridized carbons (Fsp3) is 0.471. The van der Waals surface area contributed by atoms with Crippen molar-refractivity contribution in [3.8, 4) is 0 Å². The van der Waals surface area contributed by atoms with Crippen LogP contribution in [0.1, 0.15) is 41.9 Å². The monoisotopic (exact) mass is 371 g/mol. The van der Waals surface area contributed by atoms with Gasteiger partial charge in [0, 0.05) is 42.7 Å². The van der Waals surface area contributed by atoms with Crippen LogP contribution in [0.5, 0.6) is 0 Å². The lowest BCUT2D eigenvalue weighted by Gasteiger charge is -2.32. The summed E-state index contributed by atoms with van der Waals surface area (Å²) in [6.07, 6.45) is 5.69. The lowest BCUT2D eigenvalue weighted by atomic mass is 9.94. The molecule has 1 fully saturated rings. The van der Waals surface area contributed by atoms with Crippen molar-refractivity contribution in [2.45, 2.75) is 39.2 Å². The van der Waals surface area contributed by atoms with Crippen LogP contribution in [-0.2, 0) is 11.3 Å². The molecule has 4 rings (SSSR count). The molecule has 0 aromatic carbocycles. The third-order valence-electron chi connectivity index (χ3n) is 4.55. The first-order valence-electron chi connectivity index (χ1n) is 8.70. The summed E-state index contributed by atoms with van der Waals surface area (Å²) < 4.78 is 1.86. The molecule has 9 heteroatoms. The van der Waals surface area contributed by atoms with E-state index in [2.05, 4.69) is 36.3 Å². The van der Waals surface area contributed by atoms with E-state index in [0.717, 1.165) is 43.0 Å². The van der Waals surface area contributed by atoms with Crippen LogP contribution in [0.15, 0.2) is 18.6 Å². The molecular weight excluding hydrogens is 350 g/mol. The second-order valence-corrected chi connectivity index (χ2v) is 7.80. The van der Waals surface area contributed by atoms with Crippen molar-refractivity contribution in [2.24, 2.45) is 0 Å². The number of hydrogen-bond donors (Lipinski definition) is 1. The molecule has 1 amide bonds. The standard InChI is InChI=1S/C17H21N7OS/c1-11-6-15(24-16(21-11)19-10-20-24)13-4-3-5-23(8-13)9-14-7-18-17(26-14)22-12(2)25/h6-7,10,13H,3-5,8-9H2,1-2H3,(H,18,22,25). The first-order valence-corrected chi connectivity index (χ1v) is 9.52. The van der Waals surface area contributed by atoms with E-state index in [1.807, 2.05) is 17.6 Å². The number of likely N-dealkylation sites (tertiary alicyclic amines) is 1. The van der Waals surface area contributed by atoms with Gasteiger partial charge < -0.3 is 5.32 Å². The van der Waals surface area contributed by atoms with Crippen LogP contribution >= 0.6 is 11.3 Å². The number of rotatable bonds is 4. The van der Waals surface area contributed by atoms with Crippen molar-refractivity contribution < 1.29 is 4.79 Å². The van der Waals surface area contributed by atoms with E-state index < -0.39 is 0 Å². The summed E-state index contributed by atoms with van der Waals surface area (Å²) in [6.45, 7) is 6.37. The Kier molecular flexibility index (Phi) is 4.64. The van der Waals surface area contributed by atoms with Gasteiger partial charge in [-0.2, -0.15) is 10.1 Å². The normalized spacial score (nSPS) is 18.3. The SMILES string of the molecule is CC(=O)Nc1ncc(CN2CCCC(c3cc(C)nc4ncnn34)C2)s1. The van der Waals surface area contributed by atoms with Crippen molar-refractivity contribution in [1.82, 2.24) is 29.5 Å². The second-order valence-electron chi connectivity index (χ2n) is 6.68. The number of thiazole rings is 1. The molecule has 3 aromatic heterocycles. The Morgan fingerprint density at radius 2 is 2.31 bits per heavy atom. The first kappa shape index (κ1) is 17.0. The number of fused-ring (bicyclic) bond motifs is 1. The molecule has 1 saturated heterocycles. The lowest BCUT2D eigenvalue weighted by molar-refractivity contribution is -0.114. The smallest absolute Gasteiger partial charge is 0.252 e. The van der Waals surface area contributed by atoms with Gasteiger partial charge in [-0.15, -0.1) is 11.3 Å². The first-order chi connectivity index (χ1) is 12.6. The van der Waals surface area contributed by atoms with E-state index in [1.165, 1.54) is 24.0 Å². The van der Waals surface area contributed by atoms with Gasteiger partial charge in [-0.3, -0.25) is 9.69 Å². The Morgan fingerprint density at radius 3 is 3.15 bits per heavy atom. The number of anilines is 1. The van der Waals surface area contributed by atoms with Gasteiger partial charge in [0.05, 0.1) is 5.69 Å².